The predicted molar refractivity (Wildman–Crippen MR) is 53.3 cm³/mol. The van der Waals surface area contributed by atoms with E-state index < -0.39 is 0 Å². The number of carbonyl (C=O) groups is 1. The monoisotopic (exact) mass is 197 g/mol. The number of carbonyl (C=O) groups excluding carboxylic acids is 1. The Morgan fingerprint density at radius 3 is 2.71 bits per heavy atom. The maximum atomic E-state index is 11.5. The lowest BCUT2D eigenvalue weighted by molar-refractivity contribution is 0.0942. The number of hydrogen-bond acceptors (Lipinski definition) is 2. The van der Waals surface area contributed by atoms with E-state index in [4.69, 9.17) is 0 Å². The van der Waals surface area contributed by atoms with Crippen LogP contribution in [0.25, 0.3) is 0 Å². The second-order valence-corrected chi connectivity index (χ2v) is 3.40. The van der Waals surface area contributed by atoms with Gasteiger partial charge in [0.25, 0.3) is 11.5 Å². The maximum absolute atomic E-state index is 11.5. The van der Waals surface area contributed by atoms with Crippen molar-refractivity contribution in [1.29, 1.82) is 0 Å². The van der Waals surface area contributed by atoms with Crippen LogP contribution in [0.5, 0.6) is 0 Å². The molecule has 0 spiro atoms. The van der Waals surface area contributed by atoms with Gasteiger partial charge < -0.3 is 5.32 Å². The minimum atomic E-state index is -0.343. The lowest BCUT2D eigenvalue weighted by Crippen LogP contribution is -2.32. The lowest BCUT2D eigenvalue weighted by atomic mass is 10.3. The first kappa shape index (κ1) is 10.6. The van der Waals surface area contributed by atoms with Gasteiger partial charge in [0, 0.05) is 18.8 Å². The molecular formula is C9H15N3O2. The van der Waals surface area contributed by atoms with Crippen LogP contribution in [0.15, 0.2) is 11.0 Å². The molecule has 2 N–H and O–H groups in total. The summed E-state index contributed by atoms with van der Waals surface area (Å²) in [6.45, 7) is 6.23. The molecule has 0 aliphatic rings. The smallest absolute Gasteiger partial charge is 0.276 e. The number of nitrogens with one attached hydrogen (secondary N) is 2. The second-order valence-electron chi connectivity index (χ2n) is 3.40. The van der Waals surface area contributed by atoms with Crippen LogP contribution in [0.1, 0.15) is 31.1 Å². The summed E-state index contributed by atoms with van der Waals surface area (Å²) < 4.78 is 1.58. The number of aromatic nitrogens is 2. The van der Waals surface area contributed by atoms with Crippen molar-refractivity contribution in [3.8, 4) is 0 Å². The SMILES string of the molecule is CCn1cc(C(=O)NC(C)C)c(=O)[nH]1. The van der Waals surface area contributed by atoms with Crippen LogP contribution < -0.4 is 10.9 Å². The number of nitrogens with zero attached hydrogens (tertiary/aromatic N) is 1. The van der Waals surface area contributed by atoms with Crippen LogP contribution in [0.4, 0.5) is 0 Å². The Balaban J connectivity index is 2.90. The van der Waals surface area contributed by atoms with Gasteiger partial charge in [0.15, 0.2) is 0 Å². The molecule has 0 atom stereocenters. The summed E-state index contributed by atoms with van der Waals surface area (Å²) >= 11 is 0. The maximum Gasteiger partial charge on any atom is 0.276 e. The van der Waals surface area contributed by atoms with Gasteiger partial charge in [0.05, 0.1) is 0 Å². The molecule has 5 heteroatoms. The Labute approximate surface area is 82.1 Å². The highest BCUT2D eigenvalue weighted by molar-refractivity contribution is 5.93. The van der Waals surface area contributed by atoms with Gasteiger partial charge in [-0.15, -0.1) is 0 Å². The molecule has 0 bridgehead atoms. The predicted octanol–water partition coefficient (Wildman–Crippen LogP) is 0.334. The third kappa shape index (κ3) is 2.25. The fourth-order valence-electron chi connectivity index (χ4n) is 1.11. The van der Waals surface area contributed by atoms with E-state index in [0.29, 0.717) is 6.54 Å². The third-order valence-corrected chi connectivity index (χ3v) is 1.78. The number of H-pyrrole nitrogens is 1. The number of aryl methyl sites for hydroxylation is 1. The zero-order chi connectivity index (χ0) is 10.7. The molecule has 1 aromatic rings. The summed E-state index contributed by atoms with van der Waals surface area (Å²) in [7, 11) is 0. The lowest BCUT2D eigenvalue weighted by Gasteiger charge is -2.05. The molecule has 0 radical (unpaired) electrons. The standard InChI is InChI=1S/C9H15N3O2/c1-4-12-5-7(9(14)11-12)8(13)10-6(2)3/h5-6H,4H2,1-3H3,(H,10,13)(H,11,14). The number of aromatic amines is 1. The first-order valence-corrected chi connectivity index (χ1v) is 4.65. The average Bonchev–Trinajstić information content (AvgIpc) is 2.45. The summed E-state index contributed by atoms with van der Waals surface area (Å²) in [6.07, 6.45) is 1.53. The highest BCUT2D eigenvalue weighted by Crippen LogP contribution is 1.92. The highest BCUT2D eigenvalue weighted by atomic mass is 16.2. The van der Waals surface area contributed by atoms with E-state index in [9.17, 15) is 9.59 Å². The van der Waals surface area contributed by atoms with E-state index in [2.05, 4.69) is 10.4 Å². The molecule has 1 aromatic heterocycles. The van der Waals surface area contributed by atoms with Gasteiger partial charge in [0.2, 0.25) is 0 Å². The van der Waals surface area contributed by atoms with Crippen molar-refractivity contribution < 1.29 is 4.79 Å². The molecule has 0 saturated heterocycles. The molecule has 0 aliphatic heterocycles. The Morgan fingerprint density at radius 2 is 2.29 bits per heavy atom. The average molecular weight is 197 g/mol. The molecular weight excluding hydrogens is 182 g/mol. The van der Waals surface area contributed by atoms with Gasteiger partial charge in [-0.25, -0.2) is 0 Å². The quantitative estimate of drug-likeness (QED) is 0.733. The van der Waals surface area contributed by atoms with Gasteiger partial charge in [-0.3, -0.25) is 19.4 Å². The van der Waals surface area contributed by atoms with E-state index in [1.165, 1.54) is 6.20 Å². The van der Waals surface area contributed by atoms with Crippen LogP contribution in [0, 0.1) is 0 Å². The summed E-state index contributed by atoms with van der Waals surface area (Å²) in [5.74, 6) is -0.326. The molecule has 0 fully saturated rings. The van der Waals surface area contributed by atoms with Crippen LogP contribution in [0.3, 0.4) is 0 Å². The van der Waals surface area contributed by atoms with E-state index >= 15 is 0 Å². The van der Waals surface area contributed by atoms with Crippen LogP contribution >= 0.6 is 0 Å². The molecule has 5 nitrogen and oxygen atoms in total. The van der Waals surface area contributed by atoms with Crippen molar-refractivity contribution in [2.75, 3.05) is 0 Å². The summed E-state index contributed by atoms with van der Waals surface area (Å²) in [5, 5.41) is 5.21. The molecule has 1 heterocycles. The molecule has 0 saturated carbocycles. The van der Waals surface area contributed by atoms with Crippen molar-refractivity contribution >= 4 is 5.91 Å². The van der Waals surface area contributed by atoms with E-state index in [0.717, 1.165) is 0 Å². The Bertz CT molecular complexity index is 376. The number of amides is 1. The molecule has 1 amide bonds. The van der Waals surface area contributed by atoms with Crippen molar-refractivity contribution in [3.05, 3.63) is 22.1 Å². The molecule has 14 heavy (non-hydrogen) atoms. The van der Waals surface area contributed by atoms with Gasteiger partial charge in [-0.05, 0) is 20.8 Å². The zero-order valence-corrected chi connectivity index (χ0v) is 8.63. The summed E-state index contributed by atoms with van der Waals surface area (Å²) in [6, 6.07) is 0.0341. The van der Waals surface area contributed by atoms with E-state index in [1.54, 1.807) is 4.68 Å². The minimum absolute atomic E-state index is 0.0341. The first-order valence-electron chi connectivity index (χ1n) is 4.65. The molecule has 0 aliphatic carbocycles. The molecule has 1 rings (SSSR count). The zero-order valence-electron chi connectivity index (χ0n) is 8.63. The summed E-state index contributed by atoms with van der Waals surface area (Å²) in [4.78, 5) is 22.7. The van der Waals surface area contributed by atoms with E-state index in [-0.39, 0.29) is 23.1 Å². The summed E-state index contributed by atoms with van der Waals surface area (Å²) in [5.41, 5.74) is -0.175. The van der Waals surface area contributed by atoms with Crippen LogP contribution in [0.2, 0.25) is 0 Å². The van der Waals surface area contributed by atoms with Crippen molar-refractivity contribution in [2.24, 2.45) is 0 Å². The van der Waals surface area contributed by atoms with Crippen LogP contribution in [-0.2, 0) is 6.54 Å². The highest BCUT2D eigenvalue weighted by Gasteiger charge is 2.13. The fraction of sp³-hybridized carbons (Fsp3) is 0.556. The van der Waals surface area contributed by atoms with Gasteiger partial charge in [-0.1, -0.05) is 0 Å². The van der Waals surface area contributed by atoms with E-state index in [1.807, 2.05) is 20.8 Å². The fourth-order valence-corrected chi connectivity index (χ4v) is 1.11. The number of rotatable bonds is 3. The second kappa shape index (κ2) is 4.13. The van der Waals surface area contributed by atoms with Crippen LogP contribution in [-0.4, -0.2) is 21.7 Å². The van der Waals surface area contributed by atoms with Gasteiger partial charge in [0.1, 0.15) is 5.56 Å². The largest absolute Gasteiger partial charge is 0.350 e. The Morgan fingerprint density at radius 1 is 1.64 bits per heavy atom. The molecule has 0 aromatic carbocycles. The van der Waals surface area contributed by atoms with Crippen molar-refractivity contribution in [3.63, 3.8) is 0 Å². The normalized spacial score (nSPS) is 10.6. The van der Waals surface area contributed by atoms with Crippen molar-refractivity contribution in [2.45, 2.75) is 33.4 Å². The van der Waals surface area contributed by atoms with Gasteiger partial charge >= 0.3 is 0 Å². The minimum Gasteiger partial charge on any atom is -0.350 e. The Kier molecular flexibility index (Phi) is 3.11. The third-order valence-electron chi connectivity index (χ3n) is 1.78. The first-order chi connectivity index (χ1) is 6.54. The molecule has 0 unspecified atom stereocenters. The Hall–Kier alpha value is -1.52. The van der Waals surface area contributed by atoms with Crippen molar-refractivity contribution in [1.82, 2.24) is 15.1 Å². The number of hydrogen-bond donors (Lipinski definition) is 2. The topological polar surface area (TPSA) is 66.9 Å². The molecule has 78 valence electrons. The van der Waals surface area contributed by atoms with Gasteiger partial charge in [-0.2, -0.15) is 0 Å².